The minimum atomic E-state index is -0.892. The first kappa shape index (κ1) is 11.0. The van der Waals surface area contributed by atoms with Crippen LogP contribution in [0.15, 0.2) is 24.3 Å². The monoisotopic (exact) mass is 228 g/mol. The summed E-state index contributed by atoms with van der Waals surface area (Å²) in [6, 6.07) is 6.35. The van der Waals surface area contributed by atoms with E-state index in [1.54, 1.807) is 12.1 Å². The summed E-state index contributed by atoms with van der Waals surface area (Å²) < 4.78 is 0.521. The molecule has 0 aliphatic rings. The molecule has 0 aromatic heterocycles. The molecule has 1 aromatic carbocycles. The van der Waals surface area contributed by atoms with Crippen molar-refractivity contribution in [2.45, 2.75) is 0 Å². The van der Waals surface area contributed by atoms with Crippen molar-refractivity contribution in [1.82, 2.24) is 0 Å². The lowest BCUT2D eigenvalue weighted by molar-refractivity contribution is -0.133. The zero-order valence-corrected chi connectivity index (χ0v) is 8.77. The zero-order chi connectivity index (χ0) is 10.6. The topological polar surface area (TPSA) is 57.5 Å². The second-order valence-electron chi connectivity index (χ2n) is 2.52. The van der Waals surface area contributed by atoms with Crippen molar-refractivity contribution >= 4 is 34.1 Å². The first-order valence-electron chi connectivity index (χ1n) is 3.77. The number of phenolic OH excluding ortho intramolecular Hbond substituents is 1. The third kappa shape index (κ3) is 3.35. The summed E-state index contributed by atoms with van der Waals surface area (Å²) in [5.41, 5.74) is 0.754. The fraction of sp³-hybridized carbons (Fsp3) is 0.111. The summed E-state index contributed by atoms with van der Waals surface area (Å²) in [7, 11) is 0. The lowest BCUT2D eigenvalue weighted by Gasteiger charge is -2.01. The number of rotatable bonds is 3. The predicted octanol–water partition coefficient (Wildman–Crippen LogP) is 1.89. The molecule has 3 nitrogen and oxygen atoms in total. The van der Waals surface area contributed by atoms with E-state index in [2.05, 4.69) is 0 Å². The van der Waals surface area contributed by atoms with E-state index in [1.807, 2.05) is 0 Å². The second-order valence-corrected chi connectivity index (χ2v) is 4.17. The van der Waals surface area contributed by atoms with E-state index in [9.17, 15) is 4.79 Å². The van der Waals surface area contributed by atoms with E-state index in [0.29, 0.717) is 4.20 Å². The summed E-state index contributed by atoms with van der Waals surface area (Å²) in [5.74, 6) is -0.768. The van der Waals surface area contributed by atoms with Crippen molar-refractivity contribution in [1.29, 1.82) is 0 Å². The average molecular weight is 228 g/mol. The van der Waals surface area contributed by atoms with Gasteiger partial charge in [0, 0.05) is 0 Å². The summed E-state index contributed by atoms with van der Waals surface area (Å²) in [5, 5.41) is 17.4. The zero-order valence-electron chi connectivity index (χ0n) is 7.14. The number of carbonyl (C=O) groups is 1. The second kappa shape index (κ2) is 4.97. The molecule has 0 aliphatic carbocycles. The lowest BCUT2D eigenvalue weighted by atomic mass is 10.2. The Bertz CT molecular complexity index is 346. The molecule has 14 heavy (non-hydrogen) atoms. The number of thiocarbonyl (C=S) groups is 1. The van der Waals surface area contributed by atoms with E-state index < -0.39 is 5.97 Å². The highest BCUT2D eigenvalue weighted by atomic mass is 32.2. The van der Waals surface area contributed by atoms with Gasteiger partial charge < -0.3 is 10.2 Å². The highest BCUT2D eigenvalue weighted by Gasteiger charge is 2.04. The van der Waals surface area contributed by atoms with Gasteiger partial charge in [-0.2, -0.15) is 0 Å². The number of aliphatic carboxylic acids is 1. The highest BCUT2D eigenvalue weighted by molar-refractivity contribution is 8.24. The van der Waals surface area contributed by atoms with Gasteiger partial charge in [-0.3, -0.25) is 4.79 Å². The largest absolute Gasteiger partial charge is 0.508 e. The van der Waals surface area contributed by atoms with E-state index in [0.717, 1.165) is 17.3 Å². The summed E-state index contributed by atoms with van der Waals surface area (Å²) in [4.78, 5) is 10.3. The van der Waals surface area contributed by atoms with Gasteiger partial charge in [0.1, 0.15) is 5.75 Å². The molecule has 0 fully saturated rings. The molecule has 5 heteroatoms. The third-order valence-electron chi connectivity index (χ3n) is 1.43. The lowest BCUT2D eigenvalue weighted by Crippen LogP contribution is -2.01. The van der Waals surface area contributed by atoms with Gasteiger partial charge in [0.15, 0.2) is 0 Å². The van der Waals surface area contributed by atoms with Gasteiger partial charge in [-0.25, -0.2) is 0 Å². The number of thioether (sulfide) groups is 1. The first-order valence-corrected chi connectivity index (χ1v) is 5.17. The Hall–Kier alpha value is -1.07. The smallest absolute Gasteiger partial charge is 0.313 e. The Labute approximate surface area is 90.8 Å². The molecule has 0 saturated carbocycles. The van der Waals surface area contributed by atoms with E-state index >= 15 is 0 Å². The normalized spacial score (nSPS) is 9.71. The van der Waals surface area contributed by atoms with Crippen LogP contribution in [0, 0.1) is 0 Å². The first-order chi connectivity index (χ1) is 6.59. The van der Waals surface area contributed by atoms with Crippen molar-refractivity contribution in [2.75, 3.05) is 5.75 Å². The molecule has 0 heterocycles. The maximum atomic E-state index is 10.3. The van der Waals surface area contributed by atoms with Gasteiger partial charge >= 0.3 is 5.97 Å². The molecule has 1 aromatic rings. The van der Waals surface area contributed by atoms with Gasteiger partial charge in [0.25, 0.3) is 0 Å². The Kier molecular flexibility index (Phi) is 3.91. The van der Waals surface area contributed by atoms with E-state index in [-0.39, 0.29) is 11.5 Å². The minimum Gasteiger partial charge on any atom is -0.508 e. The summed E-state index contributed by atoms with van der Waals surface area (Å²) in [6.07, 6.45) is 0. The van der Waals surface area contributed by atoms with E-state index in [4.69, 9.17) is 22.4 Å². The quantitative estimate of drug-likeness (QED) is 0.774. The Balaban J connectivity index is 2.61. The maximum Gasteiger partial charge on any atom is 0.313 e. The number of phenols is 1. The van der Waals surface area contributed by atoms with Crippen LogP contribution in [0.25, 0.3) is 0 Å². The summed E-state index contributed by atoms with van der Waals surface area (Å²) >= 11 is 6.09. The van der Waals surface area contributed by atoms with Crippen LogP contribution in [-0.2, 0) is 4.79 Å². The fourth-order valence-corrected chi connectivity index (χ4v) is 1.68. The van der Waals surface area contributed by atoms with Crippen molar-refractivity contribution in [3.05, 3.63) is 29.8 Å². The van der Waals surface area contributed by atoms with Crippen LogP contribution in [0.2, 0.25) is 0 Å². The predicted molar refractivity (Wildman–Crippen MR) is 59.9 cm³/mol. The van der Waals surface area contributed by atoms with Crippen molar-refractivity contribution in [2.24, 2.45) is 0 Å². The van der Waals surface area contributed by atoms with Crippen molar-refractivity contribution < 1.29 is 15.0 Å². The van der Waals surface area contributed by atoms with Crippen molar-refractivity contribution in [3.8, 4) is 5.75 Å². The highest BCUT2D eigenvalue weighted by Crippen LogP contribution is 2.16. The maximum absolute atomic E-state index is 10.3. The van der Waals surface area contributed by atoms with Crippen molar-refractivity contribution in [3.63, 3.8) is 0 Å². The SMILES string of the molecule is O=C(O)CSC(=S)c1ccc(O)cc1. The molecule has 2 N–H and O–H groups in total. The van der Waals surface area contributed by atoms with Crippen LogP contribution in [-0.4, -0.2) is 26.1 Å². The molecule has 0 aliphatic heterocycles. The van der Waals surface area contributed by atoms with Gasteiger partial charge in [0.05, 0.1) is 9.95 Å². The molecule has 0 saturated heterocycles. The molecule has 0 amide bonds. The molecular weight excluding hydrogens is 220 g/mol. The minimum absolute atomic E-state index is 0.0420. The van der Waals surface area contributed by atoms with Gasteiger partial charge in [-0.05, 0) is 29.8 Å². The number of hydrogen-bond acceptors (Lipinski definition) is 4. The molecular formula is C9H8O3S2. The van der Waals surface area contributed by atoms with Crippen LogP contribution < -0.4 is 0 Å². The van der Waals surface area contributed by atoms with Crippen LogP contribution in [0.5, 0.6) is 5.75 Å². The average Bonchev–Trinajstić information content (AvgIpc) is 2.15. The molecule has 0 spiro atoms. The van der Waals surface area contributed by atoms with Crippen LogP contribution >= 0.6 is 24.0 Å². The number of benzene rings is 1. The molecule has 1 rings (SSSR count). The molecule has 0 unspecified atom stereocenters. The Morgan fingerprint density at radius 2 is 1.93 bits per heavy atom. The van der Waals surface area contributed by atoms with Gasteiger partial charge in [-0.1, -0.05) is 12.2 Å². The number of hydrogen-bond donors (Lipinski definition) is 2. The summed E-state index contributed by atoms with van der Waals surface area (Å²) in [6.45, 7) is 0. The number of carboxylic acids is 1. The number of carboxylic acid groups (broad SMARTS) is 1. The molecule has 0 atom stereocenters. The molecule has 0 bridgehead atoms. The van der Waals surface area contributed by atoms with Crippen LogP contribution in [0.4, 0.5) is 0 Å². The molecule has 0 radical (unpaired) electrons. The Morgan fingerprint density at radius 1 is 1.36 bits per heavy atom. The standard InChI is InChI=1S/C9H8O3S2/c10-7-3-1-6(2-4-7)9(13)14-5-8(11)12/h1-4,10H,5H2,(H,11,12). The Morgan fingerprint density at radius 3 is 2.43 bits per heavy atom. The van der Waals surface area contributed by atoms with Gasteiger partial charge in [-0.15, -0.1) is 11.8 Å². The molecule has 74 valence electrons. The third-order valence-corrected chi connectivity index (χ3v) is 2.91. The fourth-order valence-electron chi connectivity index (χ4n) is 0.808. The van der Waals surface area contributed by atoms with Crippen LogP contribution in [0.3, 0.4) is 0 Å². The van der Waals surface area contributed by atoms with Gasteiger partial charge in [0.2, 0.25) is 0 Å². The van der Waals surface area contributed by atoms with E-state index in [1.165, 1.54) is 12.1 Å². The number of aromatic hydroxyl groups is 1. The van der Waals surface area contributed by atoms with Crippen LogP contribution in [0.1, 0.15) is 5.56 Å².